The van der Waals surface area contributed by atoms with E-state index in [2.05, 4.69) is 10.0 Å². The SMILES string of the molecule is COc1ccc(NC(C)=O)cc1NS(=O)(=O)c1ccccc1C#N. The first-order valence-electron chi connectivity index (χ1n) is 6.85. The van der Waals surface area contributed by atoms with Crippen molar-refractivity contribution in [1.29, 1.82) is 5.26 Å². The number of nitrogens with one attached hydrogen (secondary N) is 2. The molecule has 0 aliphatic rings. The minimum Gasteiger partial charge on any atom is -0.495 e. The Kier molecular flexibility index (Phi) is 5.06. The van der Waals surface area contributed by atoms with Crippen molar-refractivity contribution in [3.05, 3.63) is 48.0 Å². The molecule has 124 valence electrons. The number of hydrogen-bond acceptors (Lipinski definition) is 5. The molecule has 0 aliphatic heterocycles. The highest BCUT2D eigenvalue weighted by Gasteiger charge is 2.20. The van der Waals surface area contributed by atoms with Crippen LogP contribution < -0.4 is 14.8 Å². The predicted molar refractivity (Wildman–Crippen MR) is 89.3 cm³/mol. The van der Waals surface area contributed by atoms with E-state index in [9.17, 15) is 13.2 Å². The van der Waals surface area contributed by atoms with Crippen molar-refractivity contribution in [1.82, 2.24) is 0 Å². The van der Waals surface area contributed by atoms with Crippen LogP contribution in [0.1, 0.15) is 12.5 Å². The number of rotatable bonds is 5. The smallest absolute Gasteiger partial charge is 0.263 e. The van der Waals surface area contributed by atoms with Crippen LogP contribution in [0, 0.1) is 11.3 Å². The summed E-state index contributed by atoms with van der Waals surface area (Å²) < 4.78 is 32.7. The molecule has 2 rings (SSSR count). The number of hydrogen-bond donors (Lipinski definition) is 2. The Morgan fingerprint density at radius 1 is 1.21 bits per heavy atom. The van der Waals surface area contributed by atoms with Gasteiger partial charge in [0.25, 0.3) is 10.0 Å². The molecule has 0 atom stereocenters. The number of carbonyl (C=O) groups is 1. The van der Waals surface area contributed by atoms with Crippen LogP contribution in [0.3, 0.4) is 0 Å². The second-order valence-corrected chi connectivity index (χ2v) is 6.46. The summed E-state index contributed by atoms with van der Waals surface area (Å²) in [5.74, 6) is -0.00841. The van der Waals surface area contributed by atoms with Crippen LogP contribution in [0.5, 0.6) is 5.75 Å². The van der Waals surface area contributed by atoms with Crippen molar-refractivity contribution < 1.29 is 17.9 Å². The Balaban J connectivity index is 2.45. The zero-order chi connectivity index (χ0) is 17.7. The lowest BCUT2D eigenvalue weighted by Gasteiger charge is -2.14. The molecule has 0 heterocycles. The number of benzene rings is 2. The summed E-state index contributed by atoms with van der Waals surface area (Å²) in [4.78, 5) is 11.0. The molecule has 0 bridgehead atoms. The highest BCUT2D eigenvalue weighted by Crippen LogP contribution is 2.30. The summed E-state index contributed by atoms with van der Waals surface area (Å²) >= 11 is 0. The molecule has 0 saturated heterocycles. The molecule has 0 fully saturated rings. The van der Waals surface area contributed by atoms with Crippen molar-refractivity contribution >= 4 is 27.3 Å². The van der Waals surface area contributed by atoms with Crippen molar-refractivity contribution in [3.8, 4) is 11.8 Å². The summed E-state index contributed by atoms with van der Waals surface area (Å²) in [5.41, 5.74) is 0.591. The van der Waals surface area contributed by atoms with Crippen LogP contribution in [-0.2, 0) is 14.8 Å². The first-order chi connectivity index (χ1) is 11.4. The first-order valence-corrected chi connectivity index (χ1v) is 8.33. The Hall–Kier alpha value is -3.05. The lowest BCUT2D eigenvalue weighted by molar-refractivity contribution is -0.114. The van der Waals surface area contributed by atoms with Crippen LogP contribution >= 0.6 is 0 Å². The number of sulfonamides is 1. The lowest BCUT2D eigenvalue weighted by Crippen LogP contribution is -2.15. The largest absolute Gasteiger partial charge is 0.495 e. The van der Waals surface area contributed by atoms with Gasteiger partial charge in [-0.25, -0.2) is 8.42 Å². The number of carbonyl (C=O) groups excluding carboxylic acids is 1. The van der Waals surface area contributed by atoms with Gasteiger partial charge in [0.1, 0.15) is 16.7 Å². The van der Waals surface area contributed by atoms with Gasteiger partial charge < -0.3 is 10.1 Å². The van der Waals surface area contributed by atoms with Gasteiger partial charge in [-0.1, -0.05) is 12.1 Å². The van der Waals surface area contributed by atoms with E-state index in [1.807, 2.05) is 6.07 Å². The highest BCUT2D eigenvalue weighted by atomic mass is 32.2. The molecule has 24 heavy (non-hydrogen) atoms. The standard InChI is InChI=1S/C16H15N3O4S/c1-11(20)18-13-7-8-15(23-2)14(9-13)19-24(21,22)16-6-4-3-5-12(16)10-17/h3-9,19H,1-2H3,(H,18,20). The van der Waals surface area contributed by atoms with E-state index >= 15 is 0 Å². The highest BCUT2D eigenvalue weighted by molar-refractivity contribution is 7.92. The van der Waals surface area contributed by atoms with E-state index in [4.69, 9.17) is 10.00 Å². The first kappa shape index (κ1) is 17.3. The third-order valence-corrected chi connectivity index (χ3v) is 4.48. The molecule has 2 aromatic rings. The lowest BCUT2D eigenvalue weighted by atomic mass is 10.2. The Morgan fingerprint density at radius 3 is 2.54 bits per heavy atom. The molecule has 7 nitrogen and oxygen atoms in total. The van der Waals surface area contributed by atoms with E-state index < -0.39 is 10.0 Å². The van der Waals surface area contributed by atoms with Gasteiger partial charge in [0.15, 0.2) is 0 Å². The number of amides is 1. The summed E-state index contributed by atoms with van der Waals surface area (Å²) in [6, 6.07) is 12.3. The van der Waals surface area contributed by atoms with Crippen molar-refractivity contribution in [2.75, 3.05) is 17.1 Å². The molecular formula is C16H15N3O4S. The zero-order valence-electron chi connectivity index (χ0n) is 13.0. The summed E-state index contributed by atoms with van der Waals surface area (Å²) in [7, 11) is -2.60. The van der Waals surface area contributed by atoms with Crippen LogP contribution in [-0.4, -0.2) is 21.4 Å². The van der Waals surface area contributed by atoms with Gasteiger partial charge in [-0.15, -0.1) is 0 Å². The molecule has 0 aliphatic carbocycles. The Bertz CT molecular complexity index is 917. The summed E-state index contributed by atoms with van der Waals surface area (Å²) in [5, 5.41) is 11.6. The number of methoxy groups -OCH3 is 1. The molecule has 0 saturated carbocycles. The second kappa shape index (κ2) is 7.02. The molecule has 0 radical (unpaired) electrons. The second-order valence-electron chi connectivity index (χ2n) is 4.81. The van der Waals surface area contributed by atoms with E-state index in [1.165, 1.54) is 44.4 Å². The molecular weight excluding hydrogens is 330 g/mol. The van der Waals surface area contributed by atoms with Crippen molar-refractivity contribution in [2.24, 2.45) is 0 Å². The average Bonchev–Trinajstić information content (AvgIpc) is 2.54. The molecule has 0 unspecified atom stereocenters. The molecule has 2 aromatic carbocycles. The van der Waals surface area contributed by atoms with Gasteiger partial charge in [0, 0.05) is 12.6 Å². The predicted octanol–water partition coefficient (Wildman–Crippen LogP) is 2.33. The number of nitriles is 1. The van der Waals surface area contributed by atoms with Crippen LogP contribution in [0.4, 0.5) is 11.4 Å². The van der Waals surface area contributed by atoms with E-state index in [1.54, 1.807) is 12.1 Å². The molecule has 2 N–H and O–H groups in total. The van der Waals surface area contributed by atoms with E-state index in [0.29, 0.717) is 5.69 Å². The quantitative estimate of drug-likeness (QED) is 0.864. The van der Waals surface area contributed by atoms with E-state index in [0.717, 1.165) is 0 Å². The number of anilines is 2. The maximum absolute atomic E-state index is 12.6. The Morgan fingerprint density at radius 2 is 1.92 bits per heavy atom. The fourth-order valence-electron chi connectivity index (χ4n) is 2.06. The zero-order valence-corrected chi connectivity index (χ0v) is 13.8. The molecule has 8 heteroatoms. The van der Waals surface area contributed by atoms with Gasteiger partial charge in [-0.3, -0.25) is 9.52 Å². The summed E-state index contributed by atoms with van der Waals surface area (Å²) in [6.45, 7) is 1.34. The normalized spacial score (nSPS) is 10.5. The van der Waals surface area contributed by atoms with Gasteiger partial charge in [0.2, 0.25) is 5.91 Å². The monoisotopic (exact) mass is 345 g/mol. The molecule has 1 amide bonds. The van der Waals surface area contributed by atoms with Crippen LogP contribution in [0.2, 0.25) is 0 Å². The molecule has 0 aromatic heterocycles. The maximum atomic E-state index is 12.6. The average molecular weight is 345 g/mol. The minimum absolute atomic E-state index is 0.0296. The van der Waals surface area contributed by atoms with Gasteiger partial charge in [-0.2, -0.15) is 5.26 Å². The maximum Gasteiger partial charge on any atom is 0.263 e. The summed E-state index contributed by atoms with van der Waals surface area (Å²) in [6.07, 6.45) is 0. The fraction of sp³-hybridized carbons (Fsp3) is 0.125. The number of ether oxygens (including phenoxy) is 1. The van der Waals surface area contributed by atoms with Crippen molar-refractivity contribution in [3.63, 3.8) is 0 Å². The van der Waals surface area contributed by atoms with Gasteiger partial charge >= 0.3 is 0 Å². The topological polar surface area (TPSA) is 108 Å². The van der Waals surface area contributed by atoms with Gasteiger partial charge in [-0.05, 0) is 30.3 Å². The van der Waals surface area contributed by atoms with Crippen LogP contribution in [0.15, 0.2) is 47.4 Å². The van der Waals surface area contributed by atoms with Crippen LogP contribution in [0.25, 0.3) is 0 Å². The van der Waals surface area contributed by atoms with Crippen molar-refractivity contribution in [2.45, 2.75) is 11.8 Å². The third kappa shape index (κ3) is 3.83. The third-order valence-electron chi connectivity index (χ3n) is 3.06. The minimum atomic E-state index is -4.00. The number of nitrogens with zero attached hydrogens (tertiary/aromatic N) is 1. The fourth-order valence-corrected chi connectivity index (χ4v) is 3.28. The Labute approximate surface area is 139 Å². The van der Waals surface area contributed by atoms with E-state index in [-0.39, 0.29) is 27.8 Å². The van der Waals surface area contributed by atoms with Gasteiger partial charge in [0.05, 0.1) is 18.4 Å². The molecule has 0 spiro atoms.